The molecular formula is C19H18N4O5S. The second-order valence-electron chi connectivity index (χ2n) is 6.11. The maximum Gasteiger partial charge on any atom is 0.261 e. The van der Waals surface area contributed by atoms with E-state index in [1.165, 1.54) is 61.6 Å². The molecule has 1 heterocycles. The summed E-state index contributed by atoms with van der Waals surface area (Å²) in [5.41, 5.74) is 0.633. The van der Waals surface area contributed by atoms with E-state index in [0.29, 0.717) is 10.9 Å². The molecule has 10 heteroatoms. The Morgan fingerprint density at radius 3 is 2.59 bits per heavy atom. The van der Waals surface area contributed by atoms with Crippen molar-refractivity contribution in [3.8, 4) is 0 Å². The maximum absolute atomic E-state index is 12.7. The highest BCUT2D eigenvalue weighted by Gasteiger charge is 2.16. The Hall–Kier alpha value is -3.66. The van der Waals surface area contributed by atoms with Gasteiger partial charge >= 0.3 is 0 Å². The Morgan fingerprint density at radius 2 is 1.83 bits per heavy atom. The zero-order chi connectivity index (χ0) is 21.0. The molecule has 0 saturated heterocycles. The van der Waals surface area contributed by atoms with Crippen LogP contribution in [0.3, 0.4) is 0 Å². The second kappa shape index (κ2) is 8.15. The van der Waals surface area contributed by atoms with E-state index >= 15 is 0 Å². The zero-order valence-electron chi connectivity index (χ0n) is 15.4. The minimum Gasteiger partial charge on any atom is -0.358 e. The molecule has 9 nitrogen and oxygen atoms in total. The summed E-state index contributed by atoms with van der Waals surface area (Å²) in [4.78, 5) is 37.3. The highest BCUT2D eigenvalue weighted by atomic mass is 32.2. The summed E-state index contributed by atoms with van der Waals surface area (Å²) in [6, 6.07) is 13.1. The molecule has 150 valence electrons. The average Bonchev–Trinajstić information content (AvgIpc) is 2.71. The smallest absolute Gasteiger partial charge is 0.261 e. The van der Waals surface area contributed by atoms with Crippen LogP contribution in [0.1, 0.15) is 10.4 Å². The van der Waals surface area contributed by atoms with E-state index < -0.39 is 15.9 Å². The molecule has 3 rings (SSSR count). The van der Waals surface area contributed by atoms with Gasteiger partial charge in [-0.25, -0.2) is 8.42 Å². The van der Waals surface area contributed by atoms with Crippen LogP contribution in [0, 0.1) is 0 Å². The van der Waals surface area contributed by atoms with Gasteiger partial charge in [-0.05, 0) is 47.9 Å². The van der Waals surface area contributed by atoms with Crippen molar-refractivity contribution in [3.63, 3.8) is 0 Å². The van der Waals surface area contributed by atoms with Gasteiger partial charge in [0, 0.05) is 29.9 Å². The van der Waals surface area contributed by atoms with Gasteiger partial charge in [-0.2, -0.15) is 0 Å². The number of carbonyl (C=O) groups excluding carboxylic acids is 2. The van der Waals surface area contributed by atoms with Crippen LogP contribution in [0.15, 0.2) is 64.3 Å². The number of amides is 2. The lowest BCUT2D eigenvalue weighted by atomic mass is 10.2. The van der Waals surface area contributed by atoms with Crippen LogP contribution >= 0.6 is 0 Å². The van der Waals surface area contributed by atoms with E-state index in [4.69, 9.17) is 0 Å². The number of nitrogens with one attached hydrogen (secondary N) is 4. The molecule has 3 aromatic rings. The van der Waals surface area contributed by atoms with Gasteiger partial charge in [-0.15, -0.1) is 0 Å². The standard InChI is InChI=1S/C19H18N4O5S/c1-20-18(25)11-21-19(26)13-3-2-4-14(9-13)23-29(27,28)15-6-7-16-12(10-15)5-8-17(24)22-16/h2-10,23H,11H2,1H3,(H,20,25)(H,21,26)(H,22,24). The minimum absolute atomic E-state index is 0.00604. The molecule has 0 aliphatic carbocycles. The van der Waals surface area contributed by atoms with Crippen LogP contribution < -0.4 is 20.9 Å². The number of rotatable bonds is 6. The number of aromatic amines is 1. The number of hydrogen-bond acceptors (Lipinski definition) is 5. The van der Waals surface area contributed by atoms with Crippen LogP contribution in [-0.2, 0) is 14.8 Å². The molecule has 0 aliphatic heterocycles. The van der Waals surface area contributed by atoms with Crippen LogP contribution in [-0.4, -0.2) is 38.8 Å². The highest BCUT2D eigenvalue weighted by Crippen LogP contribution is 2.20. The summed E-state index contributed by atoms with van der Waals surface area (Å²) >= 11 is 0. The number of carbonyl (C=O) groups is 2. The molecule has 0 saturated carbocycles. The fourth-order valence-electron chi connectivity index (χ4n) is 2.59. The first-order chi connectivity index (χ1) is 13.8. The van der Waals surface area contributed by atoms with E-state index in [1.807, 2.05) is 0 Å². The molecule has 29 heavy (non-hydrogen) atoms. The molecule has 2 aromatic carbocycles. The van der Waals surface area contributed by atoms with Gasteiger partial charge < -0.3 is 15.6 Å². The van der Waals surface area contributed by atoms with E-state index in [2.05, 4.69) is 20.3 Å². The maximum atomic E-state index is 12.7. The van der Waals surface area contributed by atoms with Crippen molar-refractivity contribution in [2.45, 2.75) is 4.90 Å². The van der Waals surface area contributed by atoms with E-state index in [-0.39, 0.29) is 34.2 Å². The number of fused-ring (bicyclic) bond motifs is 1. The largest absolute Gasteiger partial charge is 0.358 e. The Labute approximate surface area is 166 Å². The van der Waals surface area contributed by atoms with Gasteiger partial charge in [0.2, 0.25) is 11.5 Å². The van der Waals surface area contributed by atoms with E-state index in [1.54, 1.807) is 0 Å². The third-order valence-corrected chi connectivity index (χ3v) is 5.45. The fourth-order valence-corrected chi connectivity index (χ4v) is 3.67. The molecule has 0 atom stereocenters. The number of hydrogen-bond donors (Lipinski definition) is 4. The van der Waals surface area contributed by atoms with Crippen LogP contribution in [0.2, 0.25) is 0 Å². The Morgan fingerprint density at radius 1 is 1.03 bits per heavy atom. The molecule has 0 aliphatic rings. The van der Waals surface area contributed by atoms with Crippen molar-refractivity contribution in [3.05, 3.63) is 70.5 Å². The molecule has 0 spiro atoms. The molecule has 2 amide bonds. The Kier molecular flexibility index (Phi) is 5.64. The summed E-state index contributed by atoms with van der Waals surface area (Å²) in [6.07, 6.45) is 0. The topological polar surface area (TPSA) is 137 Å². The van der Waals surface area contributed by atoms with E-state index in [0.717, 1.165) is 0 Å². The minimum atomic E-state index is -3.92. The predicted octanol–water partition coefficient (Wildman–Crippen LogP) is 0.805. The van der Waals surface area contributed by atoms with Gasteiger partial charge in [-0.1, -0.05) is 6.07 Å². The van der Waals surface area contributed by atoms with Gasteiger partial charge in [-0.3, -0.25) is 19.1 Å². The number of H-pyrrole nitrogens is 1. The summed E-state index contributed by atoms with van der Waals surface area (Å²) in [5.74, 6) is -0.864. The van der Waals surface area contributed by atoms with Gasteiger partial charge in [0.1, 0.15) is 0 Å². The van der Waals surface area contributed by atoms with Gasteiger partial charge in [0.05, 0.1) is 11.4 Å². The molecule has 0 fully saturated rings. The van der Waals surface area contributed by atoms with Crippen molar-refractivity contribution in [2.24, 2.45) is 0 Å². The first kappa shape index (κ1) is 20.1. The lowest BCUT2D eigenvalue weighted by Gasteiger charge is -2.10. The summed E-state index contributed by atoms with van der Waals surface area (Å²) in [5, 5.41) is 5.39. The van der Waals surface area contributed by atoms with Crippen molar-refractivity contribution < 1.29 is 18.0 Å². The van der Waals surface area contributed by atoms with Crippen LogP contribution in [0.5, 0.6) is 0 Å². The quantitative estimate of drug-likeness (QED) is 0.473. The number of pyridine rings is 1. The van der Waals surface area contributed by atoms with Crippen molar-refractivity contribution in [2.75, 3.05) is 18.3 Å². The fraction of sp³-hybridized carbons (Fsp3) is 0.105. The lowest BCUT2D eigenvalue weighted by molar-refractivity contribution is -0.119. The summed E-state index contributed by atoms with van der Waals surface area (Å²) < 4.78 is 27.8. The molecule has 0 unspecified atom stereocenters. The second-order valence-corrected chi connectivity index (χ2v) is 7.80. The lowest BCUT2D eigenvalue weighted by Crippen LogP contribution is -2.35. The predicted molar refractivity (Wildman–Crippen MR) is 108 cm³/mol. The molecule has 0 bridgehead atoms. The first-order valence-electron chi connectivity index (χ1n) is 8.53. The summed E-state index contributed by atoms with van der Waals surface area (Å²) in [7, 11) is -2.47. The van der Waals surface area contributed by atoms with Crippen LogP contribution in [0.4, 0.5) is 5.69 Å². The first-order valence-corrected chi connectivity index (χ1v) is 10.0. The number of anilines is 1. The van der Waals surface area contributed by atoms with Gasteiger partial charge in [0.25, 0.3) is 15.9 Å². The van der Waals surface area contributed by atoms with E-state index in [9.17, 15) is 22.8 Å². The molecule has 1 aromatic heterocycles. The highest BCUT2D eigenvalue weighted by molar-refractivity contribution is 7.92. The Balaban J connectivity index is 1.81. The molecule has 4 N–H and O–H groups in total. The number of sulfonamides is 1. The summed E-state index contributed by atoms with van der Waals surface area (Å²) in [6.45, 7) is -0.190. The van der Waals surface area contributed by atoms with Crippen molar-refractivity contribution in [1.29, 1.82) is 0 Å². The van der Waals surface area contributed by atoms with Crippen molar-refractivity contribution in [1.82, 2.24) is 15.6 Å². The molecule has 0 radical (unpaired) electrons. The third-order valence-electron chi connectivity index (χ3n) is 4.07. The normalized spacial score (nSPS) is 11.1. The SMILES string of the molecule is CNC(=O)CNC(=O)c1cccc(NS(=O)(=O)c2ccc3[nH]c(=O)ccc3c2)c1. The van der Waals surface area contributed by atoms with Gasteiger partial charge in [0.15, 0.2) is 0 Å². The molecular weight excluding hydrogens is 396 g/mol. The average molecular weight is 414 g/mol. The number of aromatic nitrogens is 1. The number of benzene rings is 2. The zero-order valence-corrected chi connectivity index (χ0v) is 16.2. The van der Waals surface area contributed by atoms with Crippen LogP contribution in [0.25, 0.3) is 10.9 Å². The third kappa shape index (κ3) is 4.79. The number of likely N-dealkylation sites (N-methyl/N-ethyl adjacent to an activating group) is 1. The monoisotopic (exact) mass is 414 g/mol. The Bertz CT molecular complexity index is 1250. The van der Waals surface area contributed by atoms with Crippen molar-refractivity contribution >= 4 is 38.4 Å².